The lowest BCUT2D eigenvalue weighted by molar-refractivity contribution is -0.151. The minimum atomic E-state index is -0.426. The smallest absolute Gasteiger partial charge is 0.255 e. The van der Waals surface area contributed by atoms with Crippen molar-refractivity contribution in [2.24, 2.45) is 5.92 Å². The van der Waals surface area contributed by atoms with E-state index in [1.165, 1.54) is 12.1 Å². The van der Waals surface area contributed by atoms with Crippen LogP contribution >= 0.6 is 11.6 Å². The first-order valence-corrected chi connectivity index (χ1v) is 9.67. The van der Waals surface area contributed by atoms with Crippen molar-refractivity contribution in [2.75, 3.05) is 19.6 Å². The molecule has 1 aromatic carbocycles. The lowest BCUT2D eigenvalue weighted by Gasteiger charge is -2.56. The van der Waals surface area contributed by atoms with Crippen molar-refractivity contribution in [1.29, 1.82) is 0 Å². The molecule has 1 aromatic rings. The highest BCUT2D eigenvalue weighted by molar-refractivity contribution is 6.33. The van der Waals surface area contributed by atoms with Gasteiger partial charge in [0.2, 0.25) is 5.91 Å². The normalized spacial score (nSPS) is 19.4. The molecule has 144 valence electrons. The number of hydrogen-bond acceptors (Lipinski definition) is 2. The van der Waals surface area contributed by atoms with Crippen LogP contribution in [0.3, 0.4) is 0 Å². The van der Waals surface area contributed by atoms with Crippen molar-refractivity contribution in [3.63, 3.8) is 0 Å². The molecule has 0 radical (unpaired) electrons. The predicted octanol–water partition coefficient (Wildman–Crippen LogP) is 3.65. The second-order valence-electron chi connectivity index (χ2n) is 7.69. The first-order chi connectivity index (χ1) is 12.8. The maximum absolute atomic E-state index is 13.7. The minimum Gasteiger partial charge on any atom is -0.334 e. The summed E-state index contributed by atoms with van der Waals surface area (Å²) in [6.45, 7) is 4.86. The maximum Gasteiger partial charge on any atom is 0.255 e. The number of terminal acetylenes is 1. The van der Waals surface area contributed by atoms with E-state index in [2.05, 4.69) is 5.92 Å². The van der Waals surface area contributed by atoms with E-state index in [4.69, 9.17) is 18.0 Å². The zero-order chi connectivity index (χ0) is 19.8. The zero-order valence-electron chi connectivity index (χ0n) is 15.7. The van der Waals surface area contributed by atoms with Crippen molar-refractivity contribution in [1.82, 2.24) is 9.80 Å². The van der Waals surface area contributed by atoms with Gasteiger partial charge in [-0.25, -0.2) is 4.39 Å². The van der Waals surface area contributed by atoms with Gasteiger partial charge in [0.15, 0.2) is 0 Å². The molecule has 1 aliphatic carbocycles. The minimum absolute atomic E-state index is 0.0652. The Hall–Kier alpha value is -2.06. The third-order valence-corrected chi connectivity index (χ3v) is 6.13. The maximum atomic E-state index is 13.7. The fourth-order valence-electron chi connectivity index (χ4n) is 4.03. The van der Waals surface area contributed by atoms with Gasteiger partial charge in [-0.15, -0.1) is 12.3 Å². The van der Waals surface area contributed by atoms with Gasteiger partial charge in [0.1, 0.15) is 5.82 Å². The van der Waals surface area contributed by atoms with Crippen LogP contribution in [0.1, 0.15) is 48.5 Å². The van der Waals surface area contributed by atoms with Crippen LogP contribution in [0.4, 0.5) is 4.39 Å². The zero-order valence-corrected chi connectivity index (χ0v) is 16.5. The van der Waals surface area contributed by atoms with Gasteiger partial charge in [0.25, 0.3) is 5.91 Å². The lowest BCUT2D eigenvalue weighted by atomic mass is 9.73. The van der Waals surface area contributed by atoms with E-state index in [0.717, 1.165) is 19.3 Å². The molecule has 2 aliphatic rings. The Bertz CT molecular complexity index is 813. The molecule has 3 rings (SSSR count). The third kappa shape index (κ3) is 3.55. The van der Waals surface area contributed by atoms with Gasteiger partial charge in [-0.2, -0.15) is 0 Å². The van der Waals surface area contributed by atoms with Crippen molar-refractivity contribution in [3.05, 3.63) is 34.1 Å². The fourth-order valence-corrected chi connectivity index (χ4v) is 4.26. The summed E-state index contributed by atoms with van der Waals surface area (Å²) in [6.07, 6.45) is 8.56. The van der Waals surface area contributed by atoms with Gasteiger partial charge in [0.05, 0.1) is 16.1 Å². The summed E-state index contributed by atoms with van der Waals surface area (Å²) in [4.78, 5) is 29.5. The van der Waals surface area contributed by atoms with E-state index in [0.29, 0.717) is 37.2 Å². The molecule has 2 fully saturated rings. The molecule has 27 heavy (non-hydrogen) atoms. The Kier molecular flexibility index (Phi) is 5.48. The number of nitrogens with zero attached hydrogens (tertiary/aromatic N) is 2. The van der Waals surface area contributed by atoms with Crippen LogP contribution in [0, 0.1) is 31.0 Å². The van der Waals surface area contributed by atoms with Gasteiger partial charge < -0.3 is 9.80 Å². The SMILES string of the molecule is C#CC[C@H](C)C(=O)N1CCN(C(=O)c2cc(C)c(F)cc2Cl)CC12CCC2. The highest BCUT2D eigenvalue weighted by Gasteiger charge is 2.49. The highest BCUT2D eigenvalue weighted by Crippen LogP contribution is 2.41. The Morgan fingerprint density at radius 2 is 2.07 bits per heavy atom. The van der Waals surface area contributed by atoms with Crippen molar-refractivity contribution >= 4 is 23.4 Å². The summed E-state index contributed by atoms with van der Waals surface area (Å²) in [6, 6.07) is 2.68. The quantitative estimate of drug-likeness (QED) is 0.739. The Balaban J connectivity index is 1.80. The molecule has 2 amide bonds. The summed E-state index contributed by atoms with van der Waals surface area (Å²) in [7, 11) is 0. The number of benzene rings is 1. The van der Waals surface area contributed by atoms with Gasteiger partial charge in [0, 0.05) is 32.0 Å². The topological polar surface area (TPSA) is 40.6 Å². The second-order valence-corrected chi connectivity index (χ2v) is 8.09. The van der Waals surface area contributed by atoms with E-state index in [-0.39, 0.29) is 28.3 Å². The van der Waals surface area contributed by atoms with Crippen molar-refractivity contribution in [2.45, 2.75) is 45.1 Å². The van der Waals surface area contributed by atoms with E-state index in [1.807, 2.05) is 11.8 Å². The molecule has 1 saturated heterocycles. The average Bonchev–Trinajstić information content (AvgIpc) is 2.61. The third-order valence-electron chi connectivity index (χ3n) is 5.81. The Morgan fingerprint density at radius 1 is 1.37 bits per heavy atom. The highest BCUT2D eigenvalue weighted by atomic mass is 35.5. The molecule has 0 aromatic heterocycles. The summed E-state index contributed by atoms with van der Waals surface area (Å²) in [5, 5.41) is 0.118. The van der Waals surface area contributed by atoms with Crippen molar-refractivity contribution in [3.8, 4) is 12.3 Å². The van der Waals surface area contributed by atoms with Gasteiger partial charge >= 0.3 is 0 Å². The van der Waals surface area contributed by atoms with Crippen LogP contribution in [-0.2, 0) is 4.79 Å². The first kappa shape index (κ1) is 19.7. The van der Waals surface area contributed by atoms with E-state index in [1.54, 1.807) is 11.8 Å². The van der Waals surface area contributed by atoms with Gasteiger partial charge in [-0.05, 0) is 43.9 Å². The number of rotatable bonds is 3. The first-order valence-electron chi connectivity index (χ1n) is 9.29. The molecule has 1 aliphatic heterocycles. The van der Waals surface area contributed by atoms with Crippen LogP contribution in [0.2, 0.25) is 5.02 Å². The van der Waals surface area contributed by atoms with Gasteiger partial charge in [-0.1, -0.05) is 18.5 Å². The van der Waals surface area contributed by atoms with Crippen LogP contribution in [0.15, 0.2) is 12.1 Å². The van der Waals surface area contributed by atoms with Gasteiger partial charge in [-0.3, -0.25) is 9.59 Å². The molecule has 0 N–H and O–H groups in total. The standard InChI is InChI=1S/C21H24ClFN2O2/c1-4-6-14(2)19(26)25-10-9-24(13-21(25)7-5-8-21)20(27)16-11-15(3)18(23)12-17(16)22/h1,11-12,14H,5-10,13H2,2-3H3/t14-/m0/s1. The molecule has 0 unspecified atom stereocenters. The molecule has 1 heterocycles. The van der Waals surface area contributed by atoms with Crippen LogP contribution in [0.25, 0.3) is 0 Å². The molecule has 1 spiro atoms. The van der Waals surface area contributed by atoms with E-state index in [9.17, 15) is 14.0 Å². The summed E-state index contributed by atoms with van der Waals surface area (Å²) in [5.74, 6) is 1.77. The Labute approximate surface area is 164 Å². The van der Waals surface area contributed by atoms with E-state index < -0.39 is 5.82 Å². The van der Waals surface area contributed by atoms with Crippen molar-refractivity contribution < 1.29 is 14.0 Å². The lowest BCUT2D eigenvalue weighted by Crippen LogP contribution is -2.68. The average molecular weight is 391 g/mol. The summed E-state index contributed by atoms with van der Waals surface area (Å²) < 4.78 is 13.7. The molecule has 6 heteroatoms. The molecule has 4 nitrogen and oxygen atoms in total. The fraction of sp³-hybridized carbons (Fsp3) is 0.524. The molecule has 1 atom stereocenters. The van der Waals surface area contributed by atoms with Crippen LogP contribution in [-0.4, -0.2) is 46.8 Å². The largest absolute Gasteiger partial charge is 0.334 e. The molecular weight excluding hydrogens is 367 g/mol. The number of aryl methyl sites for hydroxylation is 1. The number of amides is 2. The number of halogens is 2. The number of piperazine rings is 1. The molecule has 1 saturated carbocycles. The number of carbonyl (C=O) groups excluding carboxylic acids is 2. The number of hydrogen-bond donors (Lipinski definition) is 0. The number of carbonyl (C=O) groups is 2. The van der Waals surface area contributed by atoms with Crippen LogP contribution in [0.5, 0.6) is 0 Å². The van der Waals surface area contributed by atoms with Crippen LogP contribution < -0.4 is 0 Å². The second kappa shape index (κ2) is 7.52. The summed E-state index contributed by atoms with van der Waals surface area (Å²) in [5.41, 5.74) is 0.388. The predicted molar refractivity (Wildman–Crippen MR) is 103 cm³/mol. The molecular formula is C21H24ClFN2O2. The summed E-state index contributed by atoms with van der Waals surface area (Å²) >= 11 is 6.12. The Morgan fingerprint density at radius 3 is 2.67 bits per heavy atom. The molecule has 0 bridgehead atoms. The van der Waals surface area contributed by atoms with E-state index >= 15 is 0 Å². The monoisotopic (exact) mass is 390 g/mol.